The highest BCUT2D eigenvalue weighted by Gasteiger charge is 2.27. The molecule has 1 fully saturated rings. The summed E-state index contributed by atoms with van der Waals surface area (Å²) in [6, 6.07) is 3.10. The zero-order valence-corrected chi connectivity index (χ0v) is 11.4. The molecule has 0 radical (unpaired) electrons. The molecule has 0 saturated carbocycles. The lowest BCUT2D eigenvalue weighted by molar-refractivity contribution is 0.0695. The van der Waals surface area contributed by atoms with Gasteiger partial charge in [0.25, 0.3) is 0 Å². The van der Waals surface area contributed by atoms with E-state index in [1.807, 2.05) is 0 Å². The van der Waals surface area contributed by atoms with Crippen LogP contribution in [0.4, 0.5) is 5.82 Å². The van der Waals surface area contributed by atoms with E-state index in [1.165, 1.54) is 6.07 Å². The van der Waals surface area contributed by atoms with Crippen molar-refractivity contribution < 1.29 is 18.3 Å². The van der Waals surface area contributed by atoms with E-state index in [2.05, 4.69) is 10.3 Å². The third-order valence-electron chi connectivity index (χ3n) is 3.21. The Hall–Kier alpha value is -1.63. The third kappa shape index (κ3) is 3.44. The molecule has 1 aliphatic heterocycles. The van der Waals surface area contributed by atoms with E-state index < -0.39 is 15.8 Å². The van der Waals surface area contributed by atoms with E-state index >= 15 is 0 Å². The molecule has 0 amide bonds. The van der Waals surface area contributed by atoms with Crippen molar-refractivity contribution in [2.24, 2.45) is 5.92 Å². The van der Waals surface area contributed by atoms with Crippen LogP contribution in [-0.4, -0.2) is 42.5 Å². The molecule has 1 unspecified atom stereocenters. The number of anilines is 1. The lowest BCUT2D eigenvalue weighted by Crippen LogP contribution is -2.16. The van der Waals surface area contributed by atoms with Gasteiger partial charge in [0, 0.05) is 6.54 Å². The fourth-order valence-electron chi connectivity index (χ4n) is 2.17. The average Bonchev–Trinajstić information content (AvgIpc) is 2.66. The number of carbonyl (C=O) groups is 1. The molecular weight excluding hydrogens is 268 g/mol. The van der Waals surface area contributed by atoms with Crippen LogP contribution in [0.25, 0.3) is 0 Å². The van der Waals surface area contributed by atoms with E-state index in [0.717, 1.165) is 0 Å². The van der Waals surface area contributed by atoms with Gasteiger partial charge in [-0.05, 0) is 31.4 Å². The second-order valence-corrected chi connectivity index (χ2v) is 7.01. The van der Waals surface area contributed by atoms with Crippen LogP contribution in [0.2, 0.25) is 0 Å². The summed E-state index contributed by atoms with van der Waals surface area (Å²) in [5.41, 5.74) is 0.616. The van der Waals surface area contributed by atoms with E-state index in [0.29, 0.717) is 24.5 Å². The first-order valence-corrected chi connectivity index (χ1v) is 7.85. The van der Waals surface area contributed by atoms with Crippen LogP contribution in [0.5, 0.6) is 0 Å². The van der Waals surface area contributed by atoms with Gasteiger partial charge in [-0.25, -0.2) is 18.2 Å². The Morgan fingerprint density at radius 3 is 2.79 bits per heavy atom. The number of carboxylic acids is 1. The lowest BCUT2D eigenvalue weighted by atomic mass is 10.1. The van der Waals surface area contributed by atoms with Crippen LogP contribution in [0, 0.1) is 12.8 Å². The number of sulfone groups is 1. The van der Waals surface area contributed by atoms with Crippen molar-refractivity contribution in [3.63, 3.8) is 0 Å². The van der Waals surface area contributed by atoms with Crippen LogP contribution in [-0.2, 0) is 9.84 Å². The highest BCUT2D eigenvalue weighted by Crippen LogP contribution is 2.19. The summed E-state index contributed by atoms with van der Waals surface area (Å²) >= 11 is 0. The number of hydrogen-bond acceptors (Lipinski definition) is 5. The first-order chi connectivity index (χ1) is 8.87. The van der Waals surface area contributed by atoms with Gasteiger partial charge < -0.3 is 10.4 Å². The van der Waals surface area contributed by atoms with Crippen molar-refractivity contribution in [2.75, 3.05) is 23.4 Å². The number of aromatic carboxylic acids is 1. The van der Waals surface area contributed by atoms with E-state index in [1.54, 1.807) is 13.0 Å². The van der Waals surface area contributed by atoms with E-state index in [-0.39, 0.29) is 23.0 Å². The number of carboxylic acid groups (broad SMARTS) is 1. The van der Waals surface area contributed by atoms with Crippen molar-refractivity contribution in [1.29, 1.82) is 0 Å². The molecule has 6 nitrogen and oxygen atoms in total. The molecule has 0 aliphatic carbocycles. The molecule has 2 rings (SSSR count). The van der Waals surface area contributed by atoms with Gasteiger partial charge in [-0.15, -0.1) is 0 Å². The van der Waals surface area contributed by atoms with Crippen LogP contribution in [0.1, 0.15) is 22.5 Å². The van der Waals surface area contributed by atoms with Gasteiger partial charge in [0.15, 0.2) is 9.84 Å². The Labute approximate surface area is 111 Å². The number of aryl methyl sites for hydroxylation is 1. The normalized spacial score (nSPS) is 21.2. The Morgan fingerprint density at radius 1 is 1.53 bits per heavy atom. The van der Waals surface area contributed by atoms with Gasteiger partial charge >= 0.3 is 5.97 Å². The van der Waals surface area contributed by atoms with Gasteiger partial charge in [0.2, 0.25) is 0 Å². The maximum atomic E-state index is 11.3. The standard InChI is InChI=1S/C12H16N2O4S/c1-8-10(12(15)16)2-3-11(14-8)13-6-9-4-5-19(17,18)7-9/h2-3,9H,4-7H2,1H3,(H,13,14)(H,15,16). The third-order valence-corrected chi connectivity index (χ3v) is 5.05. The average molecular weight is 284 g/mol. The van der Waals surface area contributed by atoms with Crippen LogP contribution in [0.15, 0.2) is 12.1 Å². The topological polar surface area (TPSA) is 96.4 Å². The molecule has 1 aromatic rings. The van der Waals surface area contributed by atoms with Gasteiger partial charge in [0.05, 0.1) is 22.8 Å². The number of hydrogen-bond donors (Lipinski definition) is 2. The molecule has 104 valence electrons. The summed E-state index contributed by atoms with van der Waals surface area (Å²) in [4.78, 5) is 15.0. The molecule has 7 heteroatoms. The van der Waals surface area contributed by atoms with Crippen molar-refractivity contribution in [3.05, 3.63) is 23.4 Å². The predicted octanol–water partition coefficient (Wildman–Crippen LogP) is 0.935. The molecule has 2 heterocycles. The molecule has 1 aliphatic rings. The summed E-state index contributed by atoms with van der Waals surface area (Å²) in [6.45, 7) is 2.17. The summed E-state index contributed by atoms with van der Waals surface area (Å²) in [7, 11) is -2.86. The summed E-state index contributed by atoms with van der Waals surface area (Å²) in [5, 5.41) is 12.0. The highest BCUT2D eigenvalue weighted by atomic mass is 32.2. The number of nitrogens with one attached hydrogen (secondary N) is 1. The molecule has 2 N–H and O–H groups in total. The maximum absolute atomic E-state index is 11.3. The minimum absolute atomic E-state index is 0.103. The highest BCUT2D eigenvalue weighted by molar-refractivity contribution is 7.91. The Morgan fingerprint density at radius 2 is 2.26 bits per heavy atom. The van der Waals surface area contributed by atoms with Gasteiger partial charge in [-0.1, -0.05) is 0 Å². The molecule has 0 aromatic carbocycles. The summed E-state index contributed by atoms with van der Waals surface area (Å²) in [6.07, 6.45) is 0.668. The molecule has 1 atom stereocenters. The monoisotopic (exact) mass is 284 g/mol. The largest absolute Gasteiger partial charge is 0.478 e. The molecule has 0 bridgehead atoms. The predicted molar refractivity (Wildman–Crippen MR) is 71.2 cm³/mol. The molecule has 1 aromatic heterocycles. The van der Waals surface area contributed by atoms with Gasteiger partial charge in [0.1, 0.15) is 5.82 Å². The van der Waals surface area contributed by atoms with E-state index in [9.17, 15) is 13.2 Å². The van der Waals surface area contributed by atoms with Crippen molar-refractivity contribution in [2.45, 2.75) is 13.3 Å². The first kappa shape index (κ1) is 13.8. The summed E-state index contributed by atoms with van der Waals surface area (Å²) < 4.78 is 22.6. The van der Waals surface area contributed by atoms with Crippen LogP contribution in [0.3, 0.4) is 0 Å². The van der Waals surface area contributed by atoms with E-state index in [4.69, 9.17) is 5.11 Å². The van der Waals surface area contributed by atoms with Crippen LogP contribution >= 0.6 is 0 Å². The second kappa shape index (κ2) is 5.16. The van der Waals surface area contributed by atoms with Crippen LogP contribution < -0.4 is 5.32 Å². The molecule has 1 saturated heterocycles. The Bertz CT molecular complexity index is 598. The van der Waals surface area contributed by atoms with Gasteiger partial charge in [-0.3, -0.25) is 0 Å². The number of rotatable bonds is 4. The Kier molecular flexibility index (Phi) is 3.75. The quantitative estimate of drug-likeness (QED) is 0.854. The van der Waals surface area contributed by atoms with Gasteiger partial charge in [-0.2, -0.15) is 0 Å². The SMILES string of the molecule is Cc1nc(NCC2CCS(=O)(=O)C2)ccc1C(=O)O. The minimum Gasteiger partial charge on any atom is -0.478 e. The van der Waals surface area contributed by atoms with Crippen molar-refractivity contribution in [3.8, 4) is 0 Å². The van der Waals surface area contributed by atoms with Crippen molar-refractivity contribution in [1.82, 2.24) is 4.98 Å². The lowest BCUT2D eigenvalue weighted by Gasteiger charge is -2.11. The molecule has 19 heavy (non-hydrogen) atoms. The number of aromatic nitrogens is 1. The zero-order chi connectivity index (χ0) is 14.0. The fourth-order valence-corrected chi connectivity index (χ4v) is 4.03. The minimum atomic E-state index is -2.86. The smallest absolute Gasteiger partial charge is 0.337 e. The fraction of sp³-hybridized carbons (Fsp3) is 0.500. The summed E-state index contributed by atoms with van der Waals surface area (Å²) in [5.74, 6) is 0.146. The first-order valence-electron chi connectivity index (χ1n) is 6.02. The maximum Gasteiger partial charge on any atom is 0.337 e. The second-order valence-electron chi connectivity index (χ2n) is 4.78. The Balaban J connectivity index is 1.97. The number of pyridine rings is 1. The molecule has 0 spiro atoms. The molecular formula is C12H16N2O4S. The zero-order valence-electron chi connectivity index (χ0n) is 10.6. The van der Waals surface area contributed by atoms with Crippen molar-refractivity contribution >= 4 is 21.6 Å². The number of nitrogens with zero attached hydrogens (tertiary/aromatic N) is 1.